The molecule has 0 N–H and O–H groups in total. The summed E-state index contributed by atoms with van der Waals surface area (Å²) in [5.74, 6) is -0.318. The minimum Gasteiger partial charge on any atom is -0.459 e. The molecule has 5 heteroatoms. The lowest BCUT2D eigenvalue weighted by atomic mass is 10.2. The number of benzene rings is 1. The molecule has 0 aliphatic heterocycles. The number of hydrogen-bond donors (Lipinski definition) is 0. The van der Waals surface area contributed by atoms with Crippen LogP contribution in [0.1, 0.15) is 26.3 Å². The lowest BCUT2D eigenvalue weighted by Gasteiger charge is -2.19. The highest BCUT2D eigenvalue weighted by atomic mass is 79.9. The number of esters is 1. The number of fused-ring (bicyclic) bond motifs is 1. The van der Waals surface area contributed by atoms with Gasteiger partial charge in [-0.15, -0.1) is 0 Å². The van der Waals surface area contributed by atoms with Crippen LogP contribution in [0.4, 0.5) is 0 Å². The van der Waals surface area contributed by atoms with Gasteiger partial charge in [0.05, 0.1) is 5.56 Å². The molecule has 0 unspecified atom stereocenters. The van der Waals surface area contributed by atoms with Gasteiger partial charge in [-0.25, -0.2) is 0 Å². The summed E-state index contributed by atoms with van der Waals surface area (Å²) in [6.45, 7) is 5.58. The van der Waals surface area contributed by atoms with Gasteiger partial charge in [-0.1, -0.05) is 15.9 Å². The maximum atomic E-state index is 11.9. The molecule has 0 radical (unpaired) electrons. The Morgan fingerprint density at radius 3 is 2.75 bits per heavy atom. The molecule has 0 atom stereocenters. The van der Waals surface area contributed by atoms with Crippen molar-refractivity contribution >= 4 is 32.8 Å². The van der Waals surface area contributed by atoms with Crippen LogP contribution < -0.4 is 0 Å². The molecule has 1 aromatic heterocycles. The van der Waals surface area contributed by atoms with Crippen molar-refractivity contribution in [2.24, 2.45) is 0 Å². The molecule has 0 bridgehead atoms. The van der Waals surface area contributed by atoms with Crippen molar-refractivity contribution in [2.75, 3.05) is 0 Å². The van der Waals surface area contributed by atoms with Crippen molar-refractivity contribution in [3.05, 3.63) is 34.4 Å². The fraction of sp³-hybridized carbons (Fsp3) is 0.333. The smallest absolute Gasteiger partial charge is 0.326 e. The number of carbonyl (C=O) groups excluding carboxylic acids is 1. The molecule has 1 aromatic carbocycles. The molecule has 0 amide bonds. The van der Waals surface area contributed by atoms with E-state index in [4.69, 9.17) is 10.00 Å². The first-order valence-electron chi connectivity index (χ1n) is 6.20. The van der Waals surface area contributed by atoms with Crippen LogP contribution in [0.5, 0.6) is 0 Å². The Bertz CT molecular complexity index is 705. The van der Waals surface area contributed by atoms with Crippen LogP contribution in [0.3, 0.4) is 0 Å². The van der Waals surface area contributed by atoms with Crippen molar-refractivity contribution in [2.45, 2.75) is 32.9 Å². The molecule has 2 aromatic rings. The fourth-order valence-corrected chi connectivity index (χ4v) is 2.36. The first-order valence-corrected chi connectivity index (χ1v) is 7.00. The number of carbonyl (C=O) groups is 1. The molecule has 0 saturated heterocycles. The van der Waals surface area contributed by atoms with Crippen LogP contribution in [0, 0.1) is 11.3 Å². The van der Waals surface area contributed by atoms with Gasteiger partial charge in [0.1, 0.15) is 18.2 Å². The molecule has 0 spiro atoms. The van der Waals surface area contributed by atoms with Crippen LogP contribution in [0.25, 0.3) is 10.9 Å². The standard InChI is InChI=1S/C15H15BrN2O2/c1-15(2,3)20-14(19)9-18-8-10(7-17)12-6-11(16)4-5-13(12)18/h4-6,8H,9H2,1-3H3. The van der Waals surface area contributed by atoms with E-state index in [9.17, 15) is 4.79 Å². The molecule has 0 fully saturated rings. The minimum atomic E-state index is -0.513. The van der Waals surface area contributed by atoms with E-state index < -0.39 is 5.60 Å². The summed E-state index contributed by atoms with van der Waals surface area (Å²) >= 11 is 3.39. The molecule has 1 heterocycles. The van der Waals surface area contributed by atoms with Gasteiger partial charge >= 0.3 is 5.97 Å². The number of rotatable bonds is 2. The zero-order valence-corrected chi connectivity index (χ0v) is 13.2. The number of hydrogen-bond acceptors (Lipinski definition) is 3. The summed E-state index contributed by atoms with van der Waals surface area (Å²) in [6.07, 6.45) is 1.68. The Kier molecular flexibility index (Phi) is 3.87. The molecule has 0 saturated carbocycles. The van der Waals surface area contributed by atoms with Gasteiger partial charge in [0, 0.05) is 21.6 Å². The Labute approximate surface area is 126 Å². The summed E-state index contributed by atoms with van der Waals surface area (Å²) in [5.41, 5.74) is 0.877. The molecule has 20 heavy (non-hydrogen) atoms. The van der Waals surface area contributed by atoms with E-state index in [1.54, 1.807) is 10.8 Å². The van der Waals surface area contributed by atoms with Crippen molar-refractivity contribution in [1.82, 2.24) is 4.57 Å². The highest BCUT2D eigenvalue weighted by molar-refractivity contribution is 9.10. The van der Waals surface area contributed by atoms with Gasteiger partial charge in [-0.05, 0) is 39.0 Å². The van der Waals surface area contributed by atoms with E-state index in [-0.39, 0.29) is 12.5 Å². The van der Waals surface area contributed by atoms with E-state index in [0.29, 0.717) is 5.56 Å². The van der Waals surface area contributed by atoms with E-state index in [0.717, 1.165) is 15.4 Å². The Balaban J connectivity index is 2.36. The maximum Gasteiger partial charge on any atom is 0.326 e. The number of halogens is 1. The van der Waals surface area contributed by atoms with E-state index in [1.807, 2.05) is 39.0 Å². The minimum absolute atomic E-state index is 0.0943. The lowest BCUT2D eigenvalue weighted by Crippen LogP contribution is -2.26. The third-order valence-corrected chi connectivity index (χ3v) is 3.18. The molecule has 104 valence electrons. The van der Waals surface area contributed by atoms with Crippen LogP contribution in [0.2, 0.25) is 0 Å². The first-order chi connectivity index (χ1) is 9.30. The Morgan fingerprint density at radius 2 is 2.15 bits per heavy atom. The van der Waals surface area contributed by atoms with Gasteiger partial charge < -0.3 is 9.30 Å². The van der Waals surface area contributed by atoms with Gasteiger partial charge in [0.25, 0.3) is 0 Å². The normalized spacial score (nSPS) is 11.3. The summed E-state index contributed by atoms with van der Waals surface area (Å²) in [6, 6.07) is 7.78. The third-order valence-electron chi connectivity index (χ3n) is 2.68. The summed E-state index contributed by atoms with van der Waals surface area (Å²) in [5, 5.41) is 9.99. The molecular weight excluding hydrogens is 320 g/mol. The van der Waals surface area contributed by atoms with Crippen molar-refractivity contribution in [3.63, 3.8) is 0 Å². The predicted molar refractivity (Wildman–Crippen MR) is 80.2 cm³/mol. The highest BCUT2D eigenvalue weighted by Gasteiger charge is 2.18. The number of aromatic nitrogens is 1. The quantitative estimate of drug-likeness (QED) is 0.788. The van der Waals surface area contributed by atoms with Crippen molar-refractivity contribution in [1.29, 1.82) is 5.26 Å². The average molecular weight is 335 g/mol. The van der Waals surface area contributed by atoms with E-state index in [2.05, 4.69) is 22.0 Å². The summed E-state index contributed by atoms with van der Waals surface area (Å²) < 4.78 is 7.95. The van der Waals surface area contributed by atoms with Crippen LogP contribution in [-0.2, 0) is 16.1 Å². The van der Waals surface area contributed by atoms with Gasteiger partial charge in [-0.3, -0.25) is 4.79 Å². The second-order valence-corrected chi connectivity index (χ2v) is 6.45. The Morgan fingerprint density at radius 1 is 1.45 bits per heavy atom. The molecule has 0 aliphatic carbocycles. The largest absolute Gasteiger partial charge is 0.459 e. The Hall–Kier alpha value is -1.80. The number of nitrogens with zero attached hydrogens (tertiary/aromatic N) is 2. The summed E-state index contributed by atoms with van der Waals surface area (Å²) in [7, 11) is 0. The number of ether oxygens (including phenoxy) is 1. The van der Waals surface area contributed by atoms with Crippen LogP contribution in [-0.4, -0.2) is 16.1 Å². The van der Waals surface area contributed by atoms with E-state index >= 15 is 0 Å². The average Bonchev–Trinajstić information content (AvgIpc) is 2.64. The van der Waals surface area contributed by atoms with E-state index in [1.165, 1.54) is 0 Å². The fourth-order valence-electron chi connectivity index (χ4n) is 2.00. The zero-order valence-electron chi connectivity index (χ0n) is 11.6. The summed E-state index contributed by atoms with van der Waals surface area (Å²) in [4.78, 5) is 11.9. The predicted octanol–water partition coefficient (Wildman–Crippen LogP) is 3.62. The SMILES string of the molecule is CC(C)(C)OC(=O)Cn1cc(C#N)c2cc(Br)ccc21. The molecular formula is C15H15BrN2O2. The number of nitriles is 1. The first kappa shape index (κ1) is 14.6. The zero-order chi connectivity index (χ0) is 14.9. The van der Waals surface area contributed by atoms with Crippen LogP contribution >= 0.6 is 15.9 Å². The van der Waals surface area contributed by atoms with Gasteiger partial charge in [0.2, 0.25) is 0 Å². The molecule has 0 aliphatic rings. The lowest BCUT2D eigenvalue weighted by molar-refractivity contribution is -0.155. The van der Waals surface area contributed by atoms with Crippen molar-refractivity contribution < 1.29 is 9.53 Å². The monoisotopic (exact) mass is 334 g/mol. The molecule has 4 nitrogen and oxygen atoms in total. The topological polar surface area (TPSA) is 55.0 Å². The highest BCUT2D eigenvalue weighted by Crippen LogP contribution is 2.25. The van der Waals surface area contributed by atoms with Gasteiger partial charge in [0.15, 0.2) is 0 Å². The maximum absolute atomic E-state index is 11.9. The second-order valence-electron chi connectivity index (χ2n) is 5.53. The van der Waals surface area contributed by atoms with Crippen LogP contribution in [0.15, 0.2) is 28.9 Å². The second kappa shape index (κ2) is 5.29. The molecule has 2 rings (SSSR count). The van der Waals surface area contributed by atoms with Gasteiger partial charge in [-0.2, -0.15) is 5.26 Å². The van der Waals surface area contributed by atoms with Crippen molar-refractivity contribution in [3.8, 4) is 6.07 Å². The third kappa shape index (κ3) is 3.20.